The van der Waals surface area contributed by atoms with Gasteiger partial charge in [0.1, 0.15) is 23.3 Å². The Labute approximate surface area is 185 Å². The fourth-order valence-electron chi connectivity index (χ4n) is 4.46. The SMILES string of the molecule is Cc1c(C(=O)Cc2ccc(F)c([C@]3(C(F)F)N=C(N)O[C@H]4C[C@H]43)c2)nc2ccc(Cl)cn12. The number of nitrogens with two attached hydrogens (primary N) is 1. The van der Waals surface area contributed by atoms with Crippen LogP contribution in [0.25, 0.3) is 5.65 Å². The number of benzene rings is 1. The predicted molar refractivity (Wildman–Crippen MR) is 112 cm³/mol. The topological polar surface area (TPSA) is 82.0 Å². The smallest absolute Gasteiger partial charge is 0.283 e. The molecule has 0 unspecified atom stereocenters. The van der Waals surface area contributed by atoms with Gasteiger partial charge in [-0.3, -0.25) is 4.79 Å². The van der Waals surface area contributed by atoms with Crippen molar-refractivity contribution in [2.24, 2.45) is 16.6 Å². The van der Waals surface area contributed by atoms with Crippen LogP contribution in [0.4, 0.5) is 13.2 Å². The monoisotopic (exact) mass is 462 g/mol. The number of pyridine rings is 1. The molecule has 0 saturated heterocycles. The highest BCUT2D eigenvalue weighted by atomic mass is 35.5. The summed E-state index contributed by atoms with van der Waals surface area (Å²) in [6, 6.07) is 6.72. The zero-order valence-electron chi connectivity index (χ0n) is 16.9. The zero-order valence-corrected chi connectivity index (χ0v) is 17.6. The number of aliphatic imine (C=N–C) groups is 1. The van der Waals surface area contributed by atoms with Crippen LogP contribution in [-0.4, -0.2) is 33.7 Å². The Morgan fingerprint density at radius 1 is 1.38 bits per heavy atom. The fourth-order valence-corrected chi connectivity index (χ4v) is 4.62. The van der Waals surface area contributed by atoms with Gasteiger partial charge in [0.25, 0.3) is 12.4 Å². The second-order valence-electron chi connectivity index (χ2n) is 8.11. The van der Waals surface area contributed by atoms with E-state index in [0.717, 1.165) is 6.07 Å². The zero-order chi connectivity index (χ0) is 22.8. The molecule has 1 aromatic carbocycles. The molecule has 32 heavy (non-hydrogen) atoms. The first-order chi connectivity index (χ1) is 15.2. The Kier molecular flexibility index (Phi) is 4.70. The lowest BCUT2D eigenvalue weighted by atomic mass is 9.83. The number of amidine groups is 1. The molecule has 2 aromatic heterocycles. The van der Waals surface area contributed by atoms with Gasteiger partial charge >= 0.3 is 0 Å². The number of nitrogens with zero attached hydrogens (tertiary/aromatic N) is 3. The second kappa shape index (κ2) is 7.23. The maximum atomic E-state index is 14.8. The van der Waals surface area contributed by atoms with Crippen LogP contribution in [0.3, 0.4) is 0 Å². The summed E-state index contributed by atoms with van der Waals surface area (Å²) in [5.41, 5.74) is 4.95. The van der Waals surface area contributed by atoms with Crippen LogP contribution in [0.1, 0.15) is 33.7 Å². The van der Waals surface area contributed by atoms with Crippen LogP contribution in [0, 0.1) is 18.7 Å². The largest absolute Gasteiger partial charge is 0.462 e. The van der Waals surface area contributed by atoms with Crippen LogP contribution < -0.4 is 5.73 Å². The third-order valence-corrected chi connectivity index (χ3v) is 6.33. The highest BCUT2D eigenvalue weighted by Gasteiger charge is 2.64. The molecule has 166 valence electrons. The number of Topliss-reactive ketones (excluding diaryl/α,β-unsaturated/α-hetero) is 1. The molecule has 0 bridgehead atoms. The Morgan fingerprint density at radius 3 is 2.91 bits per heavy atom. The quantitative estimate of drug-likeness (QED) is 0.580. The number of ketones is 1. The predicted octanol–water partition coefficient (Wildman–Crippen LogP) is 4.05. The Balaban J connectivity index is 1.52. The molecular formula is C22H18ClF3N4O2. The van der Waals surface area contributed by atoms with Gasteiger partial charge in [-0.25, -0.2) is 23.1 Å². The van der Waals surface area contributed by atoms with Gasteiger partial charge in [-0.15, -0.1) is 0 Å². The number of alkyl halides is 2. The van der Waals surface area contributed by atoms with Crippen molar-refractivity contribution in [3.63, 3.8) is 0 Å². The Hall–Kier alpha value is -3.07. The number of rotatable bonds is 5. The first kappa shape index (κ1) is 20.8. The van der Waals surface area contributed by atoms with Crippen molar-refractivity contribution in [1.29, 1.82) is 0 Å². The molecule has 3 heterocycles. The van der Waals surface area contributed by atoms with E-state index >= 15 is 0 Å². The maximum absolute atomic E-state index is 14.8. The van der Waals surface area contributed by atoms with Crippen molar-refractivity contribution in [2.75, 3.05) is 0 Å². The van der Waals surface area contributed by atoms with Gasteiger partial charge in [-0.1, -0.05) is 17.7 Å². The number of fused-ring (bicyclic) bond motifs is 2. The number of hydrogen-bond donors (Lipinski definition) is 1. The summed E-state index contributed by atoms with van der Waals surface area (Å²) in [4.78, 5) is 21.2. The van der Waals surface area contributed by atoms with E-state index in [1.807, 2.05) is 0 Å². The fraction of sp³-hybridized carbons (Fsp3) is 0.318. The van der Waals surface area contributed by atoms with Crippen LogP contribution in [0.5, 0.6) is 0 Å². The lowest BCUT2D eigenvalue weighted by molar-refractivity contribution is 0.0176. The molecule has 2 aliphatic rings. The van der Waals surface area contributed by atoms with E-state index in [9.17, 15) is 18.0 Å². The summed E-state index contributed by atoms with van der Waals surface area (Å²) < 4.78 is 50.3. The second-order valence-corrected chi connectivity index (χ2v) is 8.55. The summed E-state index contributed by atoms with van der Waals surface area (Å²) in [6.45, 7) is 1.73. The van der Waals surface area contributed by atoms with E-state index in [1.165, 1.54) is 12.1 Å². The van der Waals surface area contributed by atoms with Crippen molar-refractivity contribution in [3.05, 3.63) is 69.9 Å². The summed E-state index contributed by atoms with van der Waals surface area (Å²) >= 11 is 6.02. The molecule has 0 spiro atoms. The Bertz CT molecular complexity index is 1290. The standard InChI is InChI=1S/C22H18ClF3N4O2/c1-10-19(28-18-5-3-12(23)9-30(10)18)16(31)7-11-2-4-15(24)13(6-11)22(20(25)26)14-8-17(14)32-21(27)29-22/h2-6,9,14,17,20H,7-8H2,1H3,(H2,27,29)/t14-,17+,22+/m1/s1. The van der Waals surface area contributed by atoms with Gasteiger partial charge in [0.15, 0.2) is 11.3 Å². The minimum Gasteiger partial charge on any atom is -0.462 e. The van der Waals surface area contributed by atoms with Gasteiger partial charge in [0.2, 0.25) is 0 Å². The summed E-state index contributed by atoms with van der Waals surface area (Å²) in [5.74, 6) is -1.84. The van der Waals surface area contributed by atoms with Gasteiger partial charge in [0, 0.05) is 24.1 Å². The number of halogens is 4. The molecule has 1 aliphatic heterocycles. The van der Waals surface area contributed by atoms with Crippen LogP contribution >= 0.6 is 11.6 Å². The van der Waals surface area contributed by atoms with E-state index in [2.05, 4.69) is 9.98 Å². The maximum Gasteiger partial charge on any atom is 0.283 e. The van der Waals surface area contributed by atoms with Crippen molar-refractivity contribution in [1.82, 2.24) is 9.38 Å². The highest BCUT2D eigenvalue weighted by Crippen LogP contribution is 2.56. The van der Waals surface area contributed by atoms with E-state index in [-0.39, 0.29) is 29.5 Å². The molecule has 6 nitrogen and oxygen atoms in total. The third-order valence-electron chi connectivity index (χ3n) is 6.11. The van der Waals surface area contributed by atoms with Gasteiger partial charge in [0.05, 0.1) is 10.7 Å². The van der Waals surface area contributed by atoms with E-state index in [0.29, 0.717) is 28.3 Å². The summed E-state index contributed by atoms with van der Waals surface area (Å²) in [5, 5.41) is 0.493. The number of aromatic nitrogens is 2. The van der Waals surface area contributed by atoms with Crippen LogP contribution in [-0.2, 0) is 16.7 Å². The minimum absolute atomic E-state index is 0.144. The van der Waals surface area contributed by atoms with Gasteiger partial charge in [-0.05, 0) is 43.2 Å². The van der Waals surface area contributed by atoms with E-state index in [4.69, 9.17) is 22.1 Å². The molecule has 0 radical (unpaired) electrons. The molecule has 1 fully saturated rings. The molecule has 2 N–H and O–H groups in total. The molecule has 0 amide bonds. The van der Waals surface area contributed by atoms with Gasteiger partial charge in [-0.2, -0.15) is 0 Å². The first-order valence-corrected chi connectivity index (χ1v) is 10.3. The first-order valence-electron chi connectivity index (χ1n) is 9.97. The normalized spacial score (nSPS) is 24.2. The molecule has 5 rings (SSSR count). The van der Waals surface area contributed by atoms with Crippen molar-refractivity contribution in [3.8, 4) is 0 Å². The van der Waals surface area contributed by atoms with Crippen molar-refractivity contribution < 1.29 is 22.7 Å². The summed E-state index contributed by atoms with van der Waals surface area (Å²) in [6.07, 6.45) is -1.70. The van der Waals surface area contributed by atoms with Gasteiger partial charge < -0.3 is 14.9 Å². The summed E-state index contributed by atoms with van der Waals surface area (Å²) in [7, 11) is 0. The molecule has 3 atom stereocenters. The highest BCUT2D eigenvalue weighted by molar-refractivity contribution is 6.30. The number of ether oxygens (including phenoxy) is 1. The third kappa shape index (κ3) is 3.14. The molecule has 1 saturated carbocycles. The lowest BCUT2D eigenvalue weighted by Crippen LogP contribution is -2.43. The lowest BCUT2D eigenvalue weighted by Gasteiger charge is -2.33. The average molecular weight is 463 g/mol. The number of carbonyl (C=O) groups is 1. The molecule has 10 heteroatoms. The van der Waals surface area contributed by atoms with Crippen LogP contribution in [0.2, 0.25) is 5.02 Å². The van der Waals surface area contributed by atoms with Crippen molar-refractivity contribution in [2.45, 2.75) is 37.8 Å². The number of aryl methyl sites for hydroxylation is 1. The molecular weight excluding hydrogens is 445 g/mol. The molecule has 3 aromatic rings. The van der Waals surface area contributed by atoms with E-state index < -0.39 is 29.8 Å². The average Bonchev–Trinajstić information content (AvgIpc) is 3.45. The minimum atomic E-state index is -2.99. The Morgan fingerprint density at radius 2 is 2.16 bits per heavy atom. The van der Waals surface area contributed by atoms with E-state index in [1.54, 1.807) is 29.7 Å². The number of hydrogen-bond acceptors (Lipinski definition) is 5. The van der Waals surface area contributed by atoms with Crippen molar-refractivity contribution >= 4 is 29.1 Å². The molecule has 1 aliphatic carbocycles. The van der Waals surface area contributed by atoms with Crippen LogP contribution in [0.15, 0.2) is 41.5 Å². The number of imidazole rings is 1. The number of carbonyl (C=O) groups excluding carboxylic acids is 1.